The Morgan fingerprint density at radius 1 is 1.36 bits per heavy atom. The fourth-order valence-electron chi connectivity index (χ4n) is 2.96. The SMILES string of the molecule is CC1(O)NC(S)=C(C#N)C(c2cccs2)C1[n+]1ccccc1. The van der Waals surface area contributed by atoms with Crippen molar-refractivity contribution in [3.8, 4) is 6.07 Å². The quantitative estimate of drug-likeness (QED) is 0.585. The third-order valence-electron chi connectivity index (χ3n) is 3.86. The Morgan fingerprint density at radius 3 is 2.68 bits per heavy atom. The largest absolute Gasteiger partial charge is 0.366 e. The molecule has 22 heavy (non-hydrogen) atoms. The van der Waals surface area contributed by atoms with E-state index in [0.717, 1.165) is 4.88 Å². The van der Waals surface area contributed by atoms with E-state index in [-0.39, 0.29) is 12.0 Å². The average molecular weight is 330 g/mol. The molecule has 1 aliphatic rings. The van der Waals surface area contributed by atoms with E-state index in [1.54, 1.807) is 18.3 Å². The number of thiol groups is 1. The molecule has 2 N–H and O–H groups in total. The van der Waals surface area contributed by atoms with Crippen LogP contribution in [0.3, 0.4) is 0 Å². The Balaban J connectivity index is 2.21. The van der Waals surface area contributed by atoms with Gasteiger partial charge in [-0.1, -0.05) is 12.1 Å². The number of pyridine rings is 1. The number of thiophene rings is 1. The standard InChI is InChI=1S/C16H15N3OS2/c1-16(20)14(19-7-3-2-4-8-19)13(12-6-5-9-22-12)11(10-17)15(21)18-16/h2-9,13-14,18,20H,1H3/p+1. The third kappa shape index (κ3) is 2.52. The minimum absolute atomic E-state index is 0.249. The van der Waals surface area contributed by atoms with Gasteiger partial charge >= 0.3 is 0 Å². The van der Waals surface area contributed by atoms with Crippen LogP contribution in [-0.4, -0.2) is 10.8 Å². The molecule has 0 aromatic carbocycles. The van der Waals surface area contributed by atoms with Gasteiger partial charge in [-0.25, -0.2) is 0 Å². The van der Waals surface area contributed by atoms with Crippen molar-refractivity contribution in [1.29, 1.82) is 5.26 Å². The third-order valence-corrected chi connectivity index (χ3v) is 5.17. The maximum absolute atomic E-state index is 10.9. The summed E-state index contributed by atoms with van der Waals surface area (Å²) in [4.78, 5) is 1.03. The highest BCUT2D eigenvalue weighted by molar-refractivity contribution is 7.84. The maximum atomic E-state index is 10.9. The normalized spacial score (nSPS) is 28.1. The lowest BCUT2D eigenvalue weighted by Gasteiger charge is -2.39. The van der Waals surface area contributed by atoms with Gasteiger partial charge in [-0.2, -0.15) is 9.83 Å². The van der Waals surface area contributed by atoms with Gasteiger partial charge in [-0.05, 0) is 18.4 Å². The fourth-order valence-corrected chi connectivity index (χ4v) is 4.24. The van der Waals surface area contributed by atoms with Crippen molar-refractivity contribution in [2.24, 2.45) is 0 Å². The van der Waals surface area contributed by atoms with E-state index >= 15 is 0 Å². The lowest BCUT2D eigenvalue weighted by atomic mass is 9.82. The molecule has 3 unspecified atom stereocenters. The molecule has 0 fully saturated rings. The van der Waals surface area contributed by atoms with E-state index in [4.69, 9.17) is 0 Å². The van der Waals surface area contributed by atoms with Gasteiger partial charge in [0.2, 0.25) is 6.04 Å². The molecule has 3 heterocycles. The molecular formula is C16H16N3OS2+. The Bertz CT molecular complexity index is 733. The zero-order chi connectivity index (χ0) is 15.7. The smallest absolute Gasteiger partial charge is 0.217 e. The number of rotatable bonds is 2. The molecule has 6 heteroatoms. The maximum Gasteiger partial charge on any atom is 0.217 e. The van der Waals surface area contributed by atoms with Crippen LogP contribution in [0.1, 0.15) is 23.8 Å². The van der Waals surface area contributed by atoms with Crippen molar-refractivity contribution < 1.29 is 9.67 Å². The fraction of sp³-hybridized carbons (Fsp3) is 0.250. The Kier molecular flexibility index (Phi) is 3.96. The molecule has 3 rings (SSSR count). The lowest BCUT2D eigenvalue weighted by Crippen LogP contribution is -2.62. The highest BCUT2D eigenvalue weighted by atomic mass is 32.1. The number of allylic oxidation sites excluding steroid dienone is 1. The molecule has 0 radical (unpaired) electrons. The van der Waals surface area contributed by atoms with Gasteiger partial charge in [0.25, 0.3) is 0 Å². The molecule has 0 saturated carbocycles. The molecule has 3 atom stereocenters. The summed E-state index contributed by atoms with van der Waals surface area (Å²) in [6, 6.07) is 11.6. The second-order valence-corrected chi connectivity index (χ2v) is 6.83. The summed E-state index contributed by atoms with van der Waals surface area (Å²) in [5, 5.41) is 25.9. The average Bonchev–Trinajstić information content (AvgIpc) is 3.00. The number of nitriles is 1. The second kappa shape index (κ2) is 5.76. The van der Waals surface area contributed by atoms with Crippen LogP contribution in [0.2, 0.25) is 0 Å². The van der Waals surface area contributed by atoms with Crippen molar-refractivity contribution in [3.05, 3.63) is 63.6 Å². The predicted octanol–water partition coefficient (Wildman–Crippen LogP) is 2.34. The van der Waals surface area contributed by atoms with Gasteiger partial charge in [-0.3, -0.25) is 0 Å². The molecule has 112 valence electrons. The van der Waals surface area contributed by atoms with Gasteiger partial charge in [-0.15, -0.1) is 24.0 Å². The zero-order valence-electron chi connectivity index (χ0n) is 12.0. The Hall–Kier alpha value is -1.81. The van der Waals surface area contributed by atoms with Gasteiger partial charge in [0.15, 0.2) is 18.1 Å². The molecule has 1 aliphatic heterocycles. The van der Waals surface area contributed by atoms with Crippen LogP contribution in [0, 0.1) is 11.3 Å². The van der Waals surface area contributed by atoms with Crippen LogP contribution >= 0.6 is 24.0 Å². The summed E-state index contributed by atoms with van der Waals surface area (Å²) in [5.41, 5.74) is -0.684. The molecule has 0 aliphatic carbocycles. The van der Waals surface area contributed by atoms with Crippen molar-refractivity contribution in [3.63, 3.8) is 0 Å². The van der Waals surface area contributed by atoms with Gasteiger partial charge in [0.1, 0.15) is 0 Å². The van der Waals surface area contributed by atoms with Gasteiger partial charge in [0, 0.05) is 17.0 Å². The number of aliphatic hydroxyl groups is 1. The van der Waals surface area contributed by atoms with Gasteiger partial charge < -0.3 is 10.4 Å². The van der Waals surface area contributed by atoms with E-state index in [1.807, 2.05) is 52.7 Å². The zero-order valence-corrected chi connectivity index (χ0v) is 13.7. The first-order chi connectivity index (χ1) is 10.5. The van der Waals surface area contributed by atoms with Crippen molar-refractivity contribution in [1.82, 2.24) is 5.32 Å². The summed E-state index contributed by atoms with van der Waals surface area (Å²) in [7, 11) is 0. The van der Waals surface area contributed by atoms with Crippen molar-refractivity contribution in [2.75, 3.05) is 0 Å². The summed E-state index contributed by atoms with van der Waals surface area (Å²) < 4.78 is 1.94. The second-order valence-electron chi connectivity index (χ2n) is 5.41. The first-order valence-corrected chi connectivity index (χ1v) is 8.20. The highest BCUT2D eigenvalue weighted by Crippen LogP contribution is 2.44. The summed E-state index contributed by atoms with van der Waals surface area (Å²) >= 11 is 5.95. The van der Waals surface area contributed by atoms with Crippen LogP contribution in [0.15, 0.2) is 58.7 Å². The molecule has 4 nitrogen and oxygen atoms in total. The molecule has 0 amide bonds. The highest BCUT2D eigenvalue weighted by Gasteiger charge is 2.51. The predicted molar refractivity (Wildman–Crippen MR) is 88.1 cm³/mol. The first kappa shape index (κ1) is 15.1. The van der Waals surface area contributed by atoms with E-state index in [1.165, 1.54) is 0 Å². The molecular weight excluding hydrogens is 314 g/mol. The molecule has 0 spiro atoms. The van der Waals surface area contributed by atoms with Gasteiger partial charge in [0.05, 0.1) is 22.6 Å². The molecule has 0 saturated heterocycles. The molecule has 2 aromatic heterocycles. The minimum Gasteiger partial charge on any atom is -0.366 e. The first-order valence-electron chi connectivity index (χ1n) is 6.87. The number of nitrogens with zero attached hydrogens (tertiary/aromatic N) is 2. The molecule has 2 aromatic rings. The van der Waals surface area contributed by atoms with E-state index in [9.17, 15) is 10.4 Å². The van der Waals surface area contributed by atoms with E-state index in [0.29, 0.717) is 10.6 Å². The van der Waals surface area contributed by atoms with Crippen molar-refractivity contribution in [2.45, 2.75) is 24.6 Å². The monoisotopic (exact) mass is 330 g/mol. The van der Waals surface area contributed by atoms with Crippen molar-refractivity contribution >= 4 is 24.0 Å². The topological polar surface area (TPSA) is 59.9 Å². The summed E-state index contributed by atoms with van der Waals surface area (Å²) in [6.45, 7) is 1.71. The summed E-state index contributed by atoms with van der Waals surface area (Å²) in [5.74, 6) is -0.249. The van der Waals surface area contributed by atoms with Crippen LogP contribution < -0.4 is 9.88 Å². The van der Waals surface area contributed by atoms with Crippen LogP contribution in [0.4, 0.5) is 0 Å². The number of hydrogen-bond donors (Lipinski definition) is 3. The lowest BCUT2D eigenvalue weighted by molar-refractivity contribution is -0.740. The minimum atomic E-state index is -1.22. The van der Waals surface area contributed by atoms with E-state index in [2.05, 4.69) is 24.0 Å². The van der Waals surface area contributed by atoms with Crippen LogP contribution in [-0.2, 0) is 0 Å². The number of nitrogens with one attached hydrogen (secondary N) is 1. The van der Waals surface area contributed by atoms with Crippen LogP contribution in [0.5, 0.6) is 0 Å². The number of aromatic nitrogens is 1. The van der Waals surface area contributed by atoms with E-state index < -0.39 is 5.72 Å². The van der Waals surface area contributed by atoms with Crippen LogP contribution in [0.25, 0.3) is 0 Å². The summed E-state index contributed by atoms with van der Waals surface area (Å²) in [6.07, 6.45) is 3.81. The Labute approximate surface area is 138 Å². The Morgan fingerprint density at radius 2 is 2.09 bits per heavy atom. The number of hydrogen-bond acceptors (Lipinski definition) is 5. The molecule has 0 bridgehead atoms.